The molecule has 0 atom stereocenters. The van der Waals surface area contributed by atoms with Crippen molar-refractivity contribution in [3.63, 3.8) is 0 Å². The molecule has 1 amide bonds. The molecule has 3 rings (SSSR count). The van der Waals surface area contributed by atoms with Crippen molar-refractivity contribution in [3.8, 4) is 0 Å². The topological polar surface area (TPSA) is 87.7 Å². The first kappa shape index (κ1) is 20.3. The standard InChI is InChI=1S/C20H25N3O4S/c1-15-3-8-19(16(2)13-15)21-14-20(24)22-17-4-6-18(7-5-17)28(25,26)23-9-11-27-12-10-23/h3-8,13,21H,9-12,14H2,1-2H3,(H,22,24). The van der Waals surface area contributed by atoms with Gasteiger partial charge in [0.05, 0.1) is 24.7 Å². The summed E-state index contributed by atoms with van der Waals surface area (Å²) in [4.78, 5) is 12.4. The van der Waals surface area contributed by atoms with Crippen molar-refractivity contribution in [3.05, 3.63) is 53.6 Å². The number of sulfonamides is 1. The van der Waals surface area contributed by atoms with Gasteiger partial charge in [-0.3, -0.25) is 4.79 Å². The summed E-state index contributed by atoms with van der Waals surface area (Å²) in [5.74, 6) is -0.205. The Balaban J connectivity index is 1.58. The number of ether oxygens (including phenoxy) is 1. The van der Waals surface area contributed by atoms with Crippen LogP contribution in [0.25, 0.3) is 0 Å². The molecule has 0 saturated carbocycles. The van der Waals surface area contributed by atoms with Gasteiger partial charge in [-0.2, -0.15) is 4.31 Å². The molecular formula is C20H25N3O4S. The van der Waals surface area contributed by atoms with E-state index in [1.54, 1.807) is 12.1 Å². The molecule has 0 aliphatic carbocycles. The van der Waals surface area contributed by atoms with E-state index in [1.165, 1.54) is 22.0 Å². The van der Waals surface area contributed by atoms with E-state index >= 15 is 0 Å². The summed E-state index contributed by atoms with van der Waals surface area (Å²) < 4.78 is 31.8. The van der Waals surface area contributed by atoms with Gasteiger partial charge < -0.3 is 15.4 Å². The first-order valence-corrected chi connectivity index (χ1v) is 10.6. The summed E-state index contributed by atoms with van der Waals surface area (Å²) in [6.45, 7) is 5.64. The number of hydrogen-bond acceptors (Lipinski definition) is 5. The molecule has 0 radical (unpaired) electrons. The van der Waals surface area contributed by atoms with Crippen LogP contribution < -0.4 is 10.6 Å². The molecule has 0 spiro atoms. The van der Waals surface area contributed by atoms with Gasteiger partial charge in [0.15, 0.2) is 0 Å². The van der Waals surface area contributed by atoms with Crippen LogP contribution in [0.1, 0.15) is 11.1 Å². The zero-order chi connectivity index (χ0) is 20.1. The molecule has 2 aromatic rings. The zero-order valence-corrected chi connectivity index (χ0v) is 16.9. The lowest BCUT2D eigenvalue weighted by Crippen LogP contribution is -2.40. The van der Waals surface area contributed by atoms with E-state index in [1.807, 2.05) is 32.0 Å². The van der Waals surface area contributed by atoms with E-state index in [4.69, 9.17) is 4.74 Å². The number of nitrogens with zero attached hydrogens (tertiary/aromatic N) is 1. The zero-order valence-electron chi connectivity index (χ0n) is 16.1. The number of nitrogens with one attached hydrogen (secondary N) is 2. The van der Waals surface area contributed by atoms with Gasteiger partial charge in [0.1, 0.15) is 0 Å². The lowest BCUT2D eigenvalue weighted by molar-refractivity contribution is -0.114. The number of anilines is 2. The molecule has 1 heterocycles. The summed E-state index contributed by atoms with van der Waals surface area (Å²) in [6, 6.07) is 12.2. The predicted molar refractivity (Wildman–Crippen MR) is 109 cm³/mol. The van der Waals surface area contributed by atoms with E-state index in [9.17, 15) is 13.2 Å². The third-order valence-electron chi connectivity index (χ3n) is 4.57. The predicted octanol–water partition coefficient (Wildman–Crippen LogP) is 2.37. The molecule has 1 aliphatic rings. The van der Waals surface area contributed by atoms with E-state index in [0.717, 1.165) is 11.3 Å². The molecule has 2 aromatic carbocycles. The van der Waals surface area contributed by atoms with E-state index < -0.39 is 10.0 Å². The van der Waals surface area contributed by atoms with Crippen molar-refractivity contribution in [2.24, 2.45) is 0 Å². The second-order valence-corrected chi connectivity index (χ2v) is 8.70. The van der Waals surface area contributed by atoms with E-state index in [0.29, 0.717) is 32.0 Å². The Kier molecular flexibility index (Phi) is 6.33. The fourth-order valence-electron chi connectivity index (χ4n) is 3.04. The number of benzene rings is 2. The van der Waals surface area contributed by atoms with Crippen LogP contribution in [0, 0.1) is 13.8 Å². The fourth-order valence-corrected chi connectivity index (χ4v) is 4.45. The summed E-state index contributed by atoms with van der Waals surface area (Å²) in [6.07, 6.45) is 0. The minimum Gasteiger partial charge on any atom is -0.379 e. The highest BCUT2D eigenvalue weighted by molar-refractivity contribution is 7.89. The second-order valence-electron chi connectivity index (χ2n) is 6.76. The minimum absolute atomic E-state index is 0.123. The smallest absolute Gasteiger partial charge is 0.243 e. The van der Waals surface area contributed by atoms with Gasteiger partial charge in [0, 0.05) is 24.5 Å². The van der Waals surface area contributed by atoms with Crippen LogP contribution in [0.4, 0.5) is 11.4 Å². The van der Waals surface area contributed by atoms with Gasteiger partial charge in [0.2, 0.25) is 15.9 Å². The molecular weight excluding hydrogens is 378 g/mol. The maximum absolute atomic E-state index is 12.6. The van der Waals surface area contributed by atoms with Gasteiger partial charge in [-0.1, -0.05) is 17.7 Å². The van der Waals surface area contributed by atoms with Gasteiger partial charge in [-0.15, -0.1) is 0 Å². The molecule has 8 heteroatoms. The second kappa shape index (κ2) is 8.72. The van der Waals surface area contributed by atoms with Gasteiger partial charge in [-0.25, -0.2) is 8.42 Å². The van der Waals surface area contributed by atoms with Crippen molar-refractivity contribution in [2.75, 3.05) is 43.5 Å². The molecule has 1 aliphatic heterocycles. The molecule has 7 nitrogen and oxygen atoms in total. The highest BCUT2D eigenvalue weighted by Gasteiger charge is 2.26. The third-order valence-corrected chi connectivity index (χ3v) is 6.48. The van der Waals surface area contributed by atoms with Crippen LogP contribution in [-0.4, -0.2) is 51.5 Å². The van der Waals surface area contributed by atoms with Crippen LogP contribution in [0.5, 0.6) is 0 Å². The Hall–Kier alpha value is -2.42. The van der Waals surface area contributed by atoms with E-state index in [2.05, 4.69) is 10.6 Å². The van der Waals surface area contributed by atoms with Crippen molar-refractivity contribution in [1.82, 2.24) is 4.31 Å². The largest absolute Gasteiger partial charge is 0.379 e. The Morgan fingerprint density at radius 2 is 1.75 bits per heavy atom. The maximum Gasteiger partial charge on any atom is 0.243 e. The van der Waals surface area contributed by atoms with Crippen molar-refractivity contribution in [2.45, 2.75) is 18.7 Å². The van der Waals surface area contributed by atoms with Crippen LogP contribution >= 0.6 is 0 Å². The summed E-state index contributed by atoms with van der Waals surface area (Å²) in [5.41, 5.74) is 3.70. The van der Waals surface area contributed by atoms with Crippen molar-refractivity contribution in [1.29, 1.82) is 0 Å². The fraction of sp³-hybridized carbons (Fsp3) is 0.350. The SMILES string of the molecule is Cc1ccc(NCC(=O)Nc2ccc(S(=O)(=O)N3CCOCC3)cc2)c(C)c1. The monoisotopic (exact) mass is 403 g/mol. The number of rotatable bonds is 6. The summed E-state index contributed by atoms with van der Waals surface area (Å²) in [7, 11) is -3.53. The third kappa shape index (κ3) is 4.89. The van der Waals surface area contributed by atoms with Crippen LogP contribution in [-0.2, 0) is 19.6 Å². The van der Waals surface area contributed by atoms with Crippen LogP contribution in [0.3, 0.4) is 0 Å². The Labute approximate surface area is 165 Å². The highest BCUT2D eigenvalue weighted by Crippen LogP contribution is 2.20. The average Bonchev–Trinajstić information content (AvgIpc) is 2.68. The average molecular weight is 404 g/mol. The molecule has 0 unspecified atom stereocenters. The molecule has 0 aromatic heterocycles. The molecule has 2 N–H and O–H groups in total. The lowest BCUT2D eigenvalue weighted by Gasteiger charge is -2.26. The van der Waals surface area contributed by atoms with Crippen LogP contribution in [0.2, 0.25) is 0 Å². The van der Waals surface area contributed by atoms with E-state index in [-0.39, 0.29) is 17.3 Å². The molecule has 150 valence electrons. The summed E-state index contributed by atoms with van der Waals surface area (Å²) >= 11 is 0. The minimum atomic E-state index is -3.53. The van der Waals surface area contributed by atoms with Crippen LogP contribution in [0.15, 0.2) is 47.4 Å². The van der Waals surface area contributed by atoms with Gasteiger partial charge in [0.25, 0.3) is 0 Å². The lowest BCUT2D eigenvalue weighted by atomic mass is 10.1. The number of amides is 1. The first-order valence-electron chi connectivity index (χ1n) is 9.15. The number of carbonyl (C=O) groups is 1. The van der Waals surface area contributed by atoms with Crippen molar-refractivity contribution >= 4 is 27.3 Å². The van der Waals surface area contributed by atoms with Gasteiger partial charge >= 0.3 is 0 Å². The van der Waals surface area contributed by atoms with Gasteiger partial charge in [-0.05, 0) is 49.7 Å². The highest BCUT2D eigenvalue weighted by atomic mass is 32.2. The Morgan fingerprint density at radius 1 is 1.07 bits per heavy atom. The number of morpholine rings is 1. The Morgan fingerprint density at radius 3 is 2.39 bits per heavy atom. The number of hydrogen-bond donors (Lipinski definition) is 2. The summed E-state index contributed by atoms with van der Waals surface area (Å²) in [5, 5.41) is 5.88. The first-order chi connectivity index (χ1) is 13.4. The normalized spacial score (nSPS) is 15.2. The van der Waals surface area contributed by atoms with Crippen molar-refractivity contribution < 1.29 is 17.9 Å². The quantitative estimate of drug-likeness (QED) is 0.773. The number of aryl methyl sites for hydroxylation is 2. The molecule has 1 fully saturated rings. The maximum atomic E-state index is 12.6. The molecule has 28 heavy (non-hydrogen) atoms. The molecule has 0 bridgehead atoms. The number of carbonyl (C=O) groups excluding carboxylic acids is 1. The molecule has 1 saturated heterocycles. The Bertz CT molecular complexity index is 936.